The van der Waals surface area contributed by atoms with Crippen LogP contribution in [-0.2, 0) is 4.57 Å². The molecule has 0 aliphatic heterocycles. The second kappa shape index (κ2) is 10.4. The van der Waals surface area contributed by atoms with Gasteiger partial charge < -0.3 is 13.4 Å². The molecule has 3 aromatic heterocycles. The Bertz CT molecular complexity index is 2580. The zero-order valence-electron chi connectivity index (χ0n) is 24.6. The minimum atomic E-state index is -3.10. The van der Waals surface area contributed by atoms with Crippen molar-refractivity contribution in [3.63, 3.8) is 0 Å². The molecule has 4 nitrogen and oxygen atoms in total. The Hall–Kier alpha value is -5.70. The molecule has 0 spiro atoms. The fourth-order valence-electron chi connectivity index (χ4n) is 6.53. The number of hydrogen-bond donors (Lipinski definition) is 0. The fraction of sp³-hybridized carbons (Fsp3) is 0. The topological polar surface area (TPSA) is 56.2 Å². The van der Waals surface area contributed by atoms with E-state index in [2.05, 4.69) is 53.5 Å². The number of hydrogen-bond acceptors (Lipinski definition) is 4. The van der Waals surface area contributed by atoms with Crippen LogP contribution in [0.5, 0.6) is 0 Å². The van der Waals surface area contributed by atoms with E-state index in [0.717, 1.165) is 76.5 Å². The standard InChI is InChI=1S/C41H26NO3P/c43-46(31-10-3-1-4-11-31,32-12-5-2-6-13-32)33-14-7-9-27(23-33)28-16-19-38-36(25-28)37-26-30(17-20-39(37)44-38)29-18-21-40-35(24-29)34-15-8-22-42-41(34)45-40/h1-26H. The Morgan fingerprint density at radius 1 is 0.413 bits per heavy atom. The summed E-state index contributed by atoms with van der Waals surface area (Å²) >= 11 is 0. The minimum absolute atomic E-state index is 0.645. The molecule has 6 aromatic carbocycles. The third-order valence-corrected chi connectivity index (χ3v) is 11.9. The average Bonchev–Trinajstić information content (AvgIpc) is 3.69. The van der Waals surface area contributed by atoms with E-state index in [1.165, 1.54) is 0 Å². The number of benzene rings is 6. The van der Waals surface area contributed by atoms with Gasteiger partial charge in [0.2, 0.25) is 5.71 Å². The minimum Gasteiger partial charge on any atom is -0.456 e. The highest BCUT2D eigenvalue weighted by Crippen LogP contribution is 2.43. The molecule has 0 N–H and O–H groups in total. The van der Waals surface area contributed by atoms with E-state index in [-0.39, 0.29) is 0 Å². The molecular weight excluding hydrogens is 585 g/mol. The van der Waals surface area contributed by atoms with Crippen molar-refractivity contribution in [3.8, 4) is 22.3 Å². The average molecular weight is 612 g/mol. The highest BCUT2D eigenvalue weighted by atomic mass is 31.2. The Morgan fingerprint density at radius 2 is 0.913 bits per heavy atom. The van der Waals surface area contributed by atoms with Crippen molar-refractivity contribution in [2.24, 2.45) is 0 Å². The van der Waals surface area contributed by atoms with Gasteiger partial charge in [0.25, 0.3) is 0 Å². The fourth-order valence-corrected chi connectivity index (χ4v) is 9.23. The van der Waals surface area contributed by atoms with Crippen LogP contribution in [0.3, 0.4) is 0 Å². The molecule has 0 aliphatic carbocycles. The second-order valence-electron chi connectivity index (χ2n) is 11.5. The van der Waals surface area contributed by atoms with Gasteiger partial charge >= 0.3 is 0 Å². The molecular formula is C41H26NO3P. The molecule has 9 rings (SSSR count). The van der Waals surface area contributed by atoms with Gasteiger partial charge in [0.05, 0.1) is 0 Å². The third kappa shape index (κ3) is 4.23. The predicted octanol–water partition coefficient (Wildman–Crippen LogP) is 9.85. The van der Waals surface area contributed by atoms with Gasteiger partial charge in [0.1, 0.15) is 16.7 Å². The second-order valence-corrected chi connectivity index (χ2v) is 14.3. The number of fused-ring (bicyclic) bond motifs is 6. The third-order valence-electron chi connectivity index (χ3n) is 8.83. The van der Waals surface area contributed by atoms with E-state index in [1.807, 2.05) is 103 Å². The summed E-state index contributed by atoms with van der Waals surface area (Å²) in [6.45, 7) is 0. The van der Waals surface area contributed by atoms with Crippen LogP contribution in [0, 0.1) is 0 Å². The smallest absolute Gasteiger partial charge is 0.227 e. The lowest BCUT2D eigenvalue weighted by Gasteiger charge is -2.20. The first-order chi connectivity index (χ1) is 22.6. The van der Waals surface area contributed by atoms with E-state index in [0.29, 0.717) is 5.71 Å². The van der Waals surface area contributed by atoms with Crippen molar-refractivity contribution >= 4 is 67.1 Å². The Kier molecular flexibility index (Phi) is 6.06. The van der Waals surface area contributed by atoms with Gasteiger partial charge in [-0.25, -0.2) is 4.98 Å². The summed E-state index contributed by atoms with van der Waals surface area (Å²) in [4.78, 5) is 4.38. The lowest BCUT2D eigenvalue weighted by Crippen LogP contribution is -2.25. The van der Waals surface area contributed by atoms with Gasteiger partial charge in [-0.2, -0.15) is 0 Å². The van der Waals surface area contributed by atoms with Crippen LogP contribution >= 0.6 is 7.14 Å². The molecule has 0 unspecified atom stereocenters. The van der Waals surface area contributed by atoms with Gasteiger partial charge in [0, 0.05) is 43.7 Å². The summed E-state index contributed by atoms with van der Waals surface area (Å²) in [7, 11) is -3.10. The van der Waals surface area contributed by atoms with Crippen molar-refractivity contribution in [2.75, 3.05) is 0 Å². The maximum atomic E-state index is 15.0. The quantitative estimate of drug-likeness (QED) is 0.182. The van der Waals surface area contributed by atoms with Crippen molar-refractivity contribution in [1.29, 1.82) is 0 Å². The molecule has 0 bridgehead atoms. The number of rotatable bonds is 5. The molecule has 0 saturated heterocycles. The molecule has 0 radical (unpaired) electrons. The number of nitrogens with zero attached hydrogens (tertiary/aromatic N) is 1. The Labute approximate surface area is 264 Å². The van der Waals surface area contributed by atoms with E-state index >= 15 is 4.57 Å². The molecule has 0 atom stereocenters. The monoisotopic (exact) mass is 611 g/mol. The summed E-state index contributed by atoms with van der Waals surface area (Å²) in [6, 6.07) is 50.6. The lowest BCUT2D eigenvalue weighted by molar-refractivity contribution is 0.592. The summed E-state index contributed by atoms with van der Waals surface area (Å²) in [6.07, 6.45) is 1.75. The van der Waals surface area contributed by atoms with Crippen LogP contribution in [0.2, 0.25) is 0 Å². The normalized spacial score (nSPS) is 12.0. The maximum Gasteiger partial charge on any atom is 0.227 e. The lowest BCUT2D eigenvalue weighted by atomic mass is 9.99. The molecule has 9 aromatic rings. The molecule has 0 amide bonds. The Balaban J connectivity index is 1.16. The van der Waals surface area contributed by atoms with Gasteiger partial charge in [0.15, 0.2) is 7.14 Å². The van der Waals surface area contributed by atoms with Crippen molar-refractivity contribution in [2.45, 2.75) is 0 Å². The van der Waals surface area contributed by atoms with Crippen LogP contribution in [0.25, 0.3) is 66.3 Å². The summed E-state index contributed by atoms with van der Waals surface area (Å²) < 4.78 is 27.3. The summed E-state index contributed by atoms with van der Waals surface area (Å²) in [5, 5.41) is 6.57. The largest absolute Gasteiger partial charge is 0.456 e. The molecule has 3 heterocycles. The zero-order chi connectivity index (χ0) is 30.7. The number of furan rings is 2. The van der Waals surface area contributed by atoms with Crippen molar-refractivity contribution in [1.82, 2.24) is 4.98 Å². The molecule has 218 valence electrons. The molecule has 0 saturated carbocycles. The van der Waals surface area contributed by atoms with Crippen LogP contribution in [0.15, 0.2) is 167 Å². The van der Waals surface area contributed by atoms with Crippen LogP contribution in [0.4, 0.5) is 0 Å². The molecule has 0 fully saturated rings. The molecule has 0 aliphatic rings. The SMILES string of the molecule is O=P(c1ccccc1)(c1ccccc1)c1cccc(-c2ccc3oc4ccc(-c5ccc6oc7ncccc7c6c5)cc4c3c2)c1. The van der Waals surface area contributed by atoms with Gasteiger partial charge in [-0.05, 0) is 76.9 Å². The van der Waals surface area contributed by atoms with E-state index in [1.54, 1.807) is 6.20 Å². The van der Waals surface area contributed by atoms with Gasteiger partial charge in [-0.15, -0.1) is 0 Å². The first-order valence-electron chi connectivity index (χ1n) is 15.2. The predicted molar refractivity (Wildman–Crippen MR) is 189 cm³/mol. The van der Waals surface area contributed by atoms with E-state index in [9.17, 15) is 0 Å². The number of aromatic nitrogens is 1. The van der Waals surface area contributed by atoms with Crippen molar-refractivity contribution in [3.05, 3.63) is 158 Å². The summed E-state index contributed by atoms with van der Waals surface area (Å²) in [5.74, 6) is 0. The summed E-state index contributed by atoms with van der Waals surface area (Å²) in [5.41, 5.74) is 7.35. The van der Waals surface area contributed by atoms with E-state index < -0.39 is 7.14 Å². The molecule has 5 heteroatoms. The van der Waals surface area contributed by atoms with Crippen LogP contribution in [0.1, 0.15) is 0 Å². The maximum absolute atomic E-state index is 15.0. The van der Waals surface area contributed by atoms with Gasteiger partial charge in [-0.1, -0.05) is 97.1 Å². The van der Waals surface area contributed by atoms with Crippen LogP contribution < -0.4 is 15.9 Å². The first-order valence-corrected chi connectivity index (χ1v) is 16.9. The highest BCUT2D eigenvalue weighted by molar-refractivity contribution is 7.85. The Morgan fingerprint density at radius 3 is 1.50 bits per heavy atom. The van der Waals surface area contributed by atoms with Crippen LogP contribution in [-0.4, -0.2) is 4.98 Å². The first kappa shape index (κ1) is 26.7. The van der Waals surface area contributed by atoms with E-state index in [4.69, 9.17) is 8.83 Å². The van der Waals surface area contributed by atoms with Crippen molar-refractivity contribution < 1.29 is 13.4 Å². The highest BCUT2D eigenvalue weighted by Gasteiger charge is 2.29. The zero-order valence-corrected chi connectivity index (χ0v) is 25.5. The molecule has 46 heavy (non-hydrogen) atoms. The van der Waals surface area contributed by atoms with Gasteiger partial charge in [-0.3, -0.25) is 0 Å². The number of pyridine rings is 1.